The van der Waals surface area contributed by atoms with Crippen LogP contribution in [0.5, 0.6) is 0 Å². The van der Waals surface area contributed by atoms with E-state index in [4.69, 9.17) is 4.42 Å². The topological polar surface area (TPSA) is 78.7 Å². The molecule has 0 aliphatic rings. The lowest BCUT2D eigenvalue weighted by atomic mass is 10.0. The third-order valence-corrected chi connectivity index (χ3v) is 4.99. The summed E-state index contributed by atoms with van der Waals surface area (Å²) in [6.45, 7) is -0.0996. The van der Waals surface area contributed by atoms with Crippen LogP contribution in [0.2, 0.25) is 0 Å². The van der Waals surface area contributed by atoms with E-state index < -0.39 is 17.4 Å². The maximum Gasteiger partial charge on any atom is 0.416 e. The normalized spacial score (nSPS) is 11.8. The molecular weight excluding hydrogens is 423 g/mol. The van der Waals surface area contributed by atoms with Gasteiger partial charge in [0.05, 0.1) is 11.3 Å². The van der Waals surface area contributed by atoms with Gasteiger partial charge in [-0.3, -0.25) is 0 Å². The molecule has 2 aromatic heterocycles. The van der Waals surface area contributed by atoms with Crippen molar-refractivity contribution in [3.8, 4) is 17.1 Å². The molecule has 0 unspecified atom stereocenters. The van der Waals surface area contributed by atoms with Crippen molar-refractivity contribution in [2.24, 2.45) is 0 Å². The van der Waals surface area contributed by atoms with Crippen LogP contribution < -0.4 is 5.69 Å². The number of hydrogen-bond donors (Lipinski definition) is 0. The Kier molecular flexibility index (Phi) is 4.62. The first kappa shape index (κ1) is 19.7. The van der Waals surface area contributed by atoms with Gasteiger partial charge in [0.2, 0.25) is 11.8 Å². The third-order valence-electron chi connectivity index (χ3n) is 4.99. The lowest BCUT2D eigenvalue weighted by molar-refractivity contribution is -0.137. The maximum atomic E-state index is 12.8. The summed E-state index contributed by atoms with van der Waals surface area (Å²) in [5.74, 6) is 0.453. The monoisotopic (exact) mass is 437 g/mol. The molecule has 0 bridgehead atoms. The Morgan fingerprint density at radius 1 is 0.906 bits per heavy atom. The molecule has 0 saturated carbocycles. The standard InChI is InChI=1S/C22H14F3N5O2/c23-22(24,25)15-8-10-16(11-9-15)30-13-26-21(31)29(30)12-19-27-28-20(32-19)18-7-3-5-14-4-1-2-6-17(14)18/h1-11,13H,12H2. The molecule has 5 aromatic rings. The van der Waals surface area contributed by atoms with Crippen molar-refractivity contribution >= 4 is 10.8 Å². The second-order valence-electron chi connectivity index (χ2n) is 7.00. The molecular formula is C22H14F3N5O2. The van der Waals surface area contributed by atoms with E-state index in [0.29, 0.717) is 11.6 Å². The summed E-state index contributed by atoms with van der Waals surface area (Å²) in [5.41, 5.74) is -0.298. The van der Waals surface area contributed by atoms with Crippen molar-refractivity contribution in [2.75, 3.05) is 0 Å². The van der Waals surface area contributed by atoms with Gasteiger partial charge in [0.15, 0.2) is 0 Å². The molecule has 0 N–H and O–H groups in total. The number of aromatic nitrogens is 5. The van der Waals surface area contributed by atoms with Crippen LogP contribution in [0.25, 0.3) is 27.9 Å². The van der Waals surface area contributed by atoms with Gasteiger partial charge in [-0.2, -0.15) is 18.2 Å². The number of benzene rings is 3. The van der Waals surface area contributed by atoms with Gasteiger partial charge in [0.1, 0.15) is 12.9 Å². The molecule has 0 saturated heterocycles. The molecule has 0 aliphatic carbocycles. The second kappa shape index (κ2) is 7.49. The number of alkyl halides is 3. The SMILES string of the molecule is O=c1ncn(-c2ccc(C(F)(F)F)cc2)n1Cc1nnc(-c2cccc3ccccc23)o1. The van der Waals surface area contributed by atoms with E-state index in [2.05, 4.69) is 15.2 Å². The van der Waals surface area contributed by atoms with Crippen molar-refractivity contribution in [2.45, 2.75) is 12.7 Å². The van der Waals surface area contributed by atoms with Gasteiger partial charge in [-0.1, -0.05) is 36.4 Å². The smallest absolute Gasteiger partial charge is 0.416 e. The van der Waals surface area contributed by atoms with Crippen LogP contribution in [0.1, 0.15) is 11.5 Å². The predicted molar refractivity (Wildman–Crippen MR) is 109 cm³/mol. The summed E-state index contributed by atoms with van der Waals surface area (Å²) in [7, 11) is 0. The quantitative estimate of drug-likeness (QED) is 0.419. The Hall–Kier alpha value is -4.21. The van der Waals surface area contributed by atoms with Gasteiger partial charge in [-0.15, -0.1) is 10.2 Å². The molecule has 5 rings (SSSR count). The van der Waals surface area contributed by atoms with Crippen LogP contribution in [0.15, 0.2) is 82.3 Å². The van der Waals surface area contributed by atoms with Crippen LogP contribution in [0.4, 0.5) is 13.2 Å². The van der Waals surface area contributed by atoms with Crippen molar-refractivity contribution in [1.82, 2.24) is 24.5 Å². The largest absolute Gasteiger partial charge is 0.419 e. The predicted octanol–water partition coefficient (Wildman–Crippen LogP) is 4.30. The maximum absolute atomic E-state index is 12.8. The van der Waals surface area contributed by atoms with Gasteiger partial charge in [-0.05, 0) is 41.1 Å². The lowest BCUT2D eigenvalue weighted by Crippen LogP contribution is -2.24. The molecule has 7 nitrogen and oxygen atoms in total. The molecule has 0 atom stereocenters. The molecule has 0 aliphatic heterocycles. The summed E-state index contributed by atoms with van der Waals surface area (Å²) in [6.07, 6.45) is -3.22. The molecule has 0 spiro atoms. The number of rotatable bonds is 4. The van der Waals surface area contributed by atoms with Crippen LogP contribution in [0.3, 0.4) is 0 Å². The first-order valence-electron chi connectivity index (χ1n) is 9.53. The highest BCUT2D eigenvalue weighted by Crippen LogP contribution is 2.30. The van der Waals surface area contributed by atoms with E-state index in [-0.39, 0.29) is 12.4 Å². The number of nitrogens with zero attached hydrogens (tertiary/aromatic N) is 5. The summed E-state index contributed by atoms with van der Waals surface area (Å²) in [5, 5.41) is 10.1. The Balaban J connectivity index is 1.47. The van der Waals surface area contributed by atoms with E-state index in [9.17, 15) is 18.0 Å². The second-order valence-corrected chi connectivity index (χ2v) is 7.00. The highest BCUT2D eigenvalue weighted by atomic mass is 19.4. The summed E-state index contributed by atoms with van der Waals surface area (Å²) < 4.78 is 46.8. The molecule has 0 radical (unpaired) electrons. The Bertz CT molecular complexity index is 1460. The number of fused-ring (bicyclic) bond motifs is 1. The Labute approximate surface area is 178 Å². The highest BCUT2D eigenvalue weighted by Gasteiger charge is 2.30. The van der Waals surface area contributed by atoms with Gasteiger partial charge in [-0.25, -0.2) is 14.2 Å². The van der Waals surface area contributed by atoms with Crippen molar-refractivity contribution in [1.29, 1.82) is 0 Å². The van der Waals surface area contributed by atoms with Crippen molar-refractivity contribution in [3.63, 3.8) is 0 Å². The fourth-order valence-electron chi connectivity index (χ4n) is 3.44. The van der Waals surface area contributed by atoms with Gasteiger partial charge >= 0.3 is 11.9 Å². The average Bonchev–Trinajstić information content (AvgIpc) is 3.40. The van der Waals surface area contributed by atoms with E-state index in [1.807, 2.05) is 42.5 Å². The number of halogens is 3. The zero-order chi connectivity index (χ0) is 22.3. The van der Waals surface area contributed by atoms with Gasteiger partial charge in [0, 0.05) is 5.56 Å². The zero-order valence-electron chi connectivity index (χ0n) is 16.3. The molecule has 0 amide bonds. The third kappa shape index (κ3) is 3.55. The molecule has 10 heteroatoms. The van der Waals surface area contributed by atoms with Crippen molar-refractivity contribution < 1.29 is 17.6 Å². The van der Waals surface area contributed by atoms with E-state index in [1.54, 1.807) is 0 Å². The lowest BCUT2D eigenvalue weighted by Gasteiger charge is -2.11. The molecule has 3 aromatic carbocycles. The minimum absolute atomic E-state index is 0.0996. The van der Waals surface area contributed by atoms with Gasteiger partial charge < -0.3 is 4.42 Å². The highest BCUT2D eigenvalue weighted by molar-refractivity contribution is 5.94. The van der Waals surface area contributed by atoms with E-state index >= 15 is 0 Å². The van der Waals surface area contributed by atoms with Gasteiger partial charge in [0.25, 0.3) is 0 Å². The fourth-order valence-corrected chi connectivity index (χ4v) is 3.44. The first-order valence-corrected chi connectivity index (χ1v) is 9.53. The summed E-state index contributed by atoms with van der Waals surface area (Å²) in [4.78, 5) is 16.0. The van der Waals surface area contributed by atoms with Crippen LogP contribution in [-0.4, -0.2) is 24.5 Å². The molecule has 32 heavy (non-hydrogen) atoms. The van der Waals surface area contributed by atoms with Crippen LogP contribution in [-0.2, 0) is 12.7 Å². The molecule has 0 fully saturated rings. The Morgan fingerprint density at radius 3 is 2.44 bits per heavy atom. The zero-order valence-corrected chi connectivity index (χ0v) is 16.3. The van der Waals surface area contributed by atoms with Crippen LogP contribution in [0, 0.1) is 0 Å². The summed E-state index contributed by atoms with van der Waals surface area (Å²) >= 11 is 0. The van der Waals surface area contributed by atoms with E-state index in [0.717, 1.165) is 28.5 Å². The van der Waals surface area contributed by atoms with Crippen molar-refractivity contribution in [3.05, 3.63) is 95.0 Å². The minimum Gasteiger partial charge on any atom is -0.419 e. The fraction of sp³-hybridized carbons (Fsp3) is 0.0909. The summed E-state index contributed by atoms with van der Waals surface area (Å²) in [6, 6.07) is 17.9. The molecule has 2 heterocycles. The van der Waals surface area contributed by atoms with Crippen LogP contribution >= 0.6 is 0 Å². The van der Waals surface area contributed by atoms with E-state index in [1.165, 1.54) is 27.8 Å². The number of hydrogen-bond acceptors (Lipinski definition) is 5. The Morgan fingerprint density at radius 2 is 1.66 bits per heavy atom. The first-order chi connectivity index (χ1) is 15.4. The minimum atomic E-state index is -4.45. The molecule has 160 valence electrons. The average molecular weight is 437 g/mol.